The number of rotatable bonds is 10. The summed E-state index contributed by atoms with van der Waals surface area (Å²) in [6.07, 6.45) is -8.94. The van der Waals surface area contributed by atoms with Crippen molar-refractivity contribution in [2.45, 2.75) is 49.8 Å². The molecule has 0 aromatic heterocycles. The zero-order valence-electron chi connectivity index (χ0n) is 27.3. The SMILES string of the molecule is CCN(CC)C(=Nc1ccc(S(=O)(=O)c2ccc(N=C(c3ccc(C(F)(F)F)cc3)N(CC)CC)cc2)cc1)c1ccc(C(F)(F)F)cc1. The fraction of sp³-hybridized carbons (Fsp3) is 0.278. The molecular weight excluding hydrogens is 666 g/mol. The topological polar surface area (TPSA) is 65.3 Å². The quantitative estimate of drug-likeness (QED) is 0.0939. The first kappa shape index (κ1) is 37.2. The lowest BCUT2D eigenvalue weighted by Gasteiger charge is -2.23. The minimum atomic E-state index is -4.47. The number of alkyl halides is 6. The van der Waals surface area contributed by atoms with Crippen LogP contribution in [-0.4, -0.2) is 56.1 Å². The van der Waals surface area contributed by atoms with Crippen molar-refractivity contribution in [3.8, 4) is 0 Å². The Bertz CT molecular complexity index is 1730. The van der Waals surface area contributed by atoms with E-state index in [4.69, 9.17) is 0 Å². The Kier molecular flexibility index (Phi) is 11.6. The normalized spacial score (nSPS) is 13.0. The van der Waals surface area contributed by atoms with Gasteiger partial charge in [-0.15, -0.1) is 0 Å². The summed E-state index contributed by atoms with van der Waals surface area (Å²) in [7, 11) is -3.95. The van der Waals surface area contributed by atoms with Crippen LogP contribution in [0.3, 0.4) is 0 Å². The molecule has 4 aromatic carbocycles. The minimum absolute atomic E-state index is 0.00945. The van der Waals surface area contributed by atoms with Gasteiger partial charge >= 0.3 is 12.4 Å². The van der Waals surface area contributed by atoms with E-state index in [1.165, 1.54) is 72.8 Å². The number of nitrogens with zero attached hydrogens (tertiary/aromatic N) is 4. The first-order valence-electron chi connectivity index (χ1n) is 15.6. The largest absolute Gasteiger partial charge is 0.416 e. The van der Waals surface area contributed by atoms with E-state index < -0.39 is 33.3 Å². The molecule has 0 aliphatic carbocycles. The number of aliphatic imine (C=N–C) groups is 2. The van der Waals surface area contributed by atoms with Crippen molar-refractivity contribution in [2.24, 2.45) is 9.98 Å². The lowest BCUT2D eigenvalue weighted by molar-refractivity contribution is -0.138. The van der Waals surface area contributed by atoms with Crippen LogP contribution in [0.2, 0.25) is 0 Å². The van der Waals surface area contributed by atoms with Crippen LogP contribution in [0.25, 0.3) is 0 Å². The van der Waals surface area contributed by atoms with Crippen LogP contribution in [0, 0.1) is 0 Å². The lowest BCUT2D eigenvalue weighted by Crippen LogP contribution is -2.31. The van der Waals surface area contributed by atoms with Gasteiger partial charge < -0.3 is 9.80 Å². The fourth-order valence-electron chi connectivity index (χ4n) is 5.08. The van der Waals surface area contributed by atoms with Crippen molar-refractivity contribution in [1.29, 1.82) is 0 Å². The zero-order valence-corrected chi connectivity index (χ0v) is 28.2. The molecule has 0 spiro atoms. The van der Waals surface area contributed by atoms with Crippen LogP contribution < -0.4 is 0 Å². The molecule has 0 N–H and O–H groups in total. The molecule has 4 rings (SSSR count). The Morgan fingerprint density at radius 3 is 1.04 bits per heavy atom. The number of amidine groups is 2. The third-order valence-corrected chi connectivity index (χ3v) is 9.62. The monoisotopic (exact) mass is 702 g/mol. The van der Waals surface area contributed by atoms with E-state index >= 15 is 0 Å². The Balaban J connectivity index is 1.62. The van der Waals surface area contributed by atoms with Crippen LogP contribution in [0.15, 0.2) is 117 Å². The van der Waals surface area contributed by atoms with Crippen molar-refractivity contribution >= 4 is 32.9 Å². The smallest absolute Gasteiger partial charge is 0.357 e. The van der Waals surface area contributed by atoms with E-state index in [0.29, 0.717) is 60.4 Å². The summed E-state index contributed by atoms with van der Waals surface area (Å²) in [5.74, 6) is 0.900. The van der Waals surface area contributed by atoms with E-state index in [0.717, 1.165) is 24.3 Å². The Labute approximate surface area is 282 Å². The lowest BCUT2D eigenvalue weighted by atomic mass is 10.1. The van der Waals surface area contributed by atoms with Crippen LogP contribution in [0.4, 0.5) is 37.7 Å². The molecular formula is C36H36F6N4O2S. The van der Waals surface area contributed by atoms with E-state index in [9.17, 15) is 34.8 Å². The number of hydrogen-bond acceptors (Lipinski definition) is 4. The van der Waals surface area contributed by atoms with Gasteiger partial charge in [0.25, 0.3) is 0 Å². The first-order valence-corrected chi connectivity index (χ1v) is 17.1. The maximum absolute atomic E-state index is 13.5. The second-order valence-corrected chi connectivity index (χ2v) is 12.8. The van der Waals surface area contributed by atoms with E-state index in [1.54, 1.807) is 0 Å². The van der Waals surface area contributed by atoms with Gasteiger partial charge in [0.1, 0.15) is 11.7 Å². The molecule has 0 radical (unpaired) electrons. The molecule has 6 nitrogen and oxygen atoms in total. The molecule has 0 saturated carbocycles. The van der Waals surface area contributed by atoms with Gasteiger partial charge in [-0.05, 0) is 100 Å². The summed E-state index contributed by atoms with van der Waals surface area (Å²) >= 11 is 0. The van der Waals surface area contributed by atoms with Gasteiger partial charge in [0.05, 0.1) is 32.3 Å². The molecule has 0 bridgehead atoms. The van der Waals surface area contributed by atoms with Crippen LogP contribution in [0.5, 0.6) is 0 Å². The van der Waals surface area contributed by atoms with Gasteiger partial charge in [0.15, 0.2) is 0 Å². The molecule has 0 fully saturated rings. The fourth-order valence-corrected chi connectivity index (χ4v) is 6.34. The number of sulfone groups is 1. The van der Waals surface area contributed by atoms with Crippen LogP contribution in [0.1, 0.15) is 49.9 Å². The van der Waals surface area contributed by atoms with Crippen molar-refractivity contribution in [3.63, 3.8) is 0 Å². The Hall–Kier alpha value is -4.65. The zero-order chi connectivity index (χ0) is 36.0. The van der Waals surface area contributed by atoms with Crippen molar-refractivity contribution in [1.82, 2.24) is 9.80 Å². The third kappa shape index (κ3) is 8.88. The van der Waals surface area contributed by atoms with Gasteiger partial charge in [-0.1, -0.05) is 24.3 Å². The summed E-state index contributed by atoms with van der Waals surface area (Å²) in [4.78, 5) is 13.1. The molecule has 0 aliphatic rings. The molecule has 0 aliphatic heterocycles. The number of benzene rings is 4. The second-order valence-electron chi connectivity index (χ2n) is 10.9. The van der Waals surface area contributed by atoms with E-state index in [1.807, 2.05) is 37.5 Å². The standard InChI is InChI=1S/C36H36F6N4O2S/c1-5-45(6-2)33(25-9-13-27(14-10-25)35(37,38)39)43-29-17-21-31(22-18-29)49(47,48)32-23-19-30(20-24-32)44-34(46(7-3)8-4)26-11-15-28(16-12-26)36(40,41)42/h9-24H,5-8H2,1-4H3. The van der Waals surface area contributed by atoms with Gasteiger partial charge in [-0.3, -0.25) is 0 Å². The number of hydrogen-bond donors (Lipinski definition) is 0. The summed E-state index contributed by atoms with van der Waals surface area (Å²) in [6.45, 7) is 9.77. The minimum Gasteiger partial charge on any atom is -0.357 e. The molecule has 49 heavy (non-hydrogen) atoms. The Morgan fingerprint density at radius 1 is 0.510 bits per heavy atom. The molecule has 4 aromatic rings. The first-order chi connectivity index (χ1) is 23.1. The summed E-state index contributed by atoms with van der Waals surface area (Å²) < 4.78 is 106. The van der Waals surface area contributed by atoms with Crippen LogP contribution in [-0.2, 0) is 22.2 Å². The molecule has 0 atom stereocenters. The summed E-state index contributed by atoms with van der Waals surface area (Å²) in [5, 5.41) is 0. The highest BCUT2D eigenvalue weighted by Crippen LogP contribution is 2.31. The van der Waals surface area contributed by atoms with Gasteiger partial charge in [-0.25, -0.2) is 18.4 Å². The Morgan fingerprint density at radius 2 is 0.796 bits per heavy atom. The number of halogens is 6. The van der Waals surface area contributed by atoms with Crippen molar-refractivity contribution < 1.29 is 34.8 Å². The highest BCUT2D eigenvalue weighted by atomic mass is 32.2. The highest BCUT2D eigenvalue weighted by Gasteiger charge is 2.31. The predicted molar refractivity (Wildman–Crippen MR) is 179 cm³/mol. The molecule has 260 valence electrons. The van der Waals surface area contributed by atoms with Gasteiger partial charge in [0, 0.05) is 37.3 Å². The van der Waals surface area contributed by atoms with Crippen LogP contribution >= 0.6 is 0 Å². The molecule has 0 unspecified atom stereocenters. The molecule has 0 amide bonds. The summed E-state index contributed by atoms with van der Waals surface area (Å²) in [5.41, 5.74) is 0.258. The van der Waals surface area contributed by atoms with E-state index in [2.05, 4.69) is 9.98 Å². The van der Waals surface area contributed by atoms with Crippen molar-refractivity contribution in [2.75, 3.05) is 26.2 Å². The van der Waals surface area contributed by atoms with E-state index in [-0.39, 0.29) is 9.79 Å². The molecule has 0 heterocycles. The highest BCUT2D eigenvalue weighted by molar-refractivity contribution is 7.91. The van der Waals surface area contributed by atoms with Gasteiger partial charge in [0.2, 0.25) is 9.84 Å². The molecule has 13 heteroatoms. The average Bonchev–Trinajstić information content (AvgIpc) is 3.08. The third-order valence-electron chi connectivity index (χ3n) is 7.83. The average molecular weight is 703 g/mol. The maximum atomic E-state index is 13.5. The maximum Gasteiger partial charge on any atom is 0.416 e. The molecule has 0 saturated heterocycles. The predicted octanol–water partition coefficient (Wildman–Crippen LogP) is 9.40. The summed E-state index contributed by atoms with van der Waals surface area (Å²) in [6, 6.07) is 21.2. The second kappa shape index (κ2) is 15.3. The van der Waals surface area contributed by atoms with Gasteiger partial charge in [-0.2, -0.15) is 26.3 Å². The van der Waals surface area contributed by atoms with Crippen molar-refractivity contribution in [3.05, 3.63) is 119 Å².